The predicted molar refractivity (Wildman–Crippen MR) is 140 cm³/mol. The molecule has 1 heterocycles. The van der Waals surface area contributed by atoms with Gasteiger partial charge in [-0.3, -0.25) is 4.98 Å². The lowest BCUT2D eigenvalue weighted by atomic mass is 9.94. The van der Waals surface area contributed by atoms with E-state index in [1.807, 2.05) is 91.9 Å². The number of pyridine rings is 1. The van der Waals surface area contributed by atoms with Crippen molar-refractivity contribution in [1.29, 1.82) is 0 Å². The maximum atomic E-state index is 12.4. The number of hydrogen-bond acceptors (Lipinski definition) is 3. The normalized spacial score (nSPS) is 10.9. The number of nitrogens with zero attached hydrogens (tertiary/aromatic N) is 1. The molecule has 4 aromatic carbocycles. The van der Waals surface area contributed by atoms with Crippen LogP contribution < -0.4 is 4.74 Å². The van der Waals surface area contributed by atoms with Crippen LogP contribution in [0.3, 0.4) is 0 Å². The SMILES string of the molecule is Cc1cc(Cl)cc(-c2cnc3ccc(-c4cccc(OCc5ccccc5)c4)cc3c2C(=O)O)c1. The summed E-state index contributed by atoms with van der Waals surface area (Å²) in [6.07, 6.45) is 1.61. The van der Waals surface area contributed by atoms with Gasteiger partial charge in [0.25, 0.3) is 0 Å². The molecule has 0 bridgehead atoms. The van der Waals surface area contributed by atoms with Crippen molar-refractivity contribution in [2.24, 2.45) is 0 Å². The maximum absolute atomic E-state index is 12.4. The number of benzene rings is 4. The summed E-state index contributed by atoms with van der Waals surface area (Å²) in [7, 11) is 0. The average Bonchev–Trinajstić information content (AvgIpc) is 2.86. The van der Waals surface area contributed by atoms with E-state index < -0.39 is 5.97 Å². The molecular weight excluding hydrogens is 458 g/mol. The number of aromatic nitrogens is 1. The van der Waals surface area contributed by atoms with Gasteiger partial charge in [0.2, 0.25) is 0 Å². The van der Waals surface area contributed by atoms with E-state index in [4.69, 9.17) is 16.3 Å². The van der Waals surface area contributed by atoms with E-state index in [1.54, 1.807) is 12.3 Å². The first-order valence-electron chi connectivity index (χ1n) is 11.2. The van der Waals surface area contributed by atoms with Gasteiger partial charge in [0.1, 0.15) is 12.4 Å². The zero-order chi connectivity index (χ0) is 24.4. The largest absolute Gasteiger partial charge is 0.489 e. The average molecular weight is 480 g/mol. The standard InChI is InChI=1S/C30H22ClNO3/c1-19-12-23(14-24(31)13-19)27-17-32-28-11-10-22(16-26(28)29(27)30(33)34)21-8-5-9-25(15-21)35-18-20-6-3-2-4-7-20/h2-17H,18H2,1H3,(H,33,34). The number of carbonyl (C=O) groups is 1. The van der Waals surface area contributed by atoms with E-state index in [0.717, 1.165) is 33.6 Å². The summed E-state index contributed by atoms with van der Waals surface area (Å²) in [5.41, 5.74) is 5.93. The highest BCUT2D eigenvalue weighted by atomic mass is 35.5. The van der Waals surface area contributed by atoms with Crippen molar-refractivity contribution in [3.63, 3.8) is 0 Å². The molecule has 35 heavy (non-hydrogen) atoms. The third kappa shape index (κ3) is 4.88. The molecule has 1 N–H and O–H groups in total. The van der Waals surface area contributed by atoms with E-state index in [-0.39, 0.29) is 5.56 Å². The molecule has 0 aliphatic rings. The maximum Gasteiger partial charge on any atom is 0.337 e. The molecule has 172 valence electrons. The highest BCUT2D eigenvalue weighted by Gasteiger charge is 2.18. The van der Waals surface area contributed by atoms with Crippen molar-refractivity contribution < 1.29 is 14.6 Å². The molecule has 0 radical (unpaired) electrons. The van der Waals surface area contributed by atoms with Gasteiger partial charge in [0.05, 0.1) is 11.1 Å². The molecule has 0 aliphatic heterocycles. The number of ether oxygens (including phenoxy) is 1. The highest BCUT2D eigenvalue weighted by Crippen LogP contribution is 2.34. The smallest absolute Gasteiger partial charge is 0.337 e. The van der Waals surface area contributed by atoms with Gasteiger partial charge >= 0.3 is 5.97 Å². The lowest BCUT2D eigenvalue weighted by Gasteiger charge is -2.13. The molecule has 0 saturated carbocycles. The number of carboxylic acid groups (broad SMARTS) is 1. The minimum absolute atomic E-state index is 0.204. The van der Waals surface area contributed by atoms with Crippen LogP contribution in [0.5, 0.6) is 5.75 Å². The summed E-state index contributed by atoms with van der Waals surface area (Å²) in [6.45, 7) is 2.40. The van der Waals surface area contributed by atoms with E-state index in [2.05, 4.69) is 4.98 Å². The fraction of sp³-hybridized carbons (Fsp3) is 0.0667. The molecule has 4 nitrogen and oxygen atoms in total. The fourth-order valence-electron chi connectivity index (χ4n) is 4.22. The Balaban J connectivity index is 1.56. The van der Waals surface area contributed by atoms with Crippen molar-refractivity contribution in [2.75, 3.05) is 0 Å². The van der Waals surface area contributed by atoms with Gasteiger partial charge in [-0.15, -0.1) is 0 Å². The number of carboxylic acids is 1. The first kappa shape index (κ1) is 22.6. The molecule has 0 aliphatic carbocycles. The zero-order valence-electron chi connectivity index (χ0n) is 19.0. The Labute approximate surface area is 208 Å². The van der Waals surface area contributed by atoms with Crippen LogP contribution in [0.15, 0.2) is 97.2 Å². The molecule has 5 rings (SSSR count). The molecular formula is C30H22ClNO3. The molecule has 0 atom stereocenters. The summed E-state index contributed by atoms with van der Waals surface area (Å²) in [5, 5.41) is 11.3. The van der Waals surface area contributed by atoms with Gasteiger partial charge in [0, 0.05) is 22.2 Å². The van der Waals surface area contributed by atoms with Crippen molar-refractivity contribution in [2.45, 2.75) is 13.5 Å². The Morgan fingerprint density at radius 3 is 2.46 bits per heavy atom. The minimum Gasteiger partial charge on any atom is -0.489 e. The Bertz CT molecular complexity index is 1530. The van der Waals surface area contributed by atoms with E-state index in [1.165, 1.54) is 0 Å². The summed E-state index contributed by atoms with van der Waals surface area (Å²) >= 11 is 6.26. The fourth-order valence-corrected chi connectivity index (χ4v) is 4.51. The topological polar surface area (TPSA) is 59.4 Å². The van der Waals surface area contributed by atoms with E-state index in [0.29, 0.717) is 28.1 Å². The Kier molecular flexibility index (Phi) is 6.21. The highest BCUT2D eigenvalue weighted by molar-refractivity contribution is 6.31. The van der Waals surface area contributed by atoms with Crippen molar-refractivity contribution >= 4 is 28.5 Å². The molecule has 0 spiro atoms. The van der Waals surface area contributed by atoms with Crippen LogP contribution >= 0.6 is 11.6 Å². The van der Waals surface area contributed by atoms with Gasteiger partial charge in [-0.1, -0.05) is 66.2 Å². The molecule has 5 heteroatoms. The summed E-state index contributed by atoms with van der Waals surface area (Å²) < 4.78 is 5.98. The molecule has 0 fully saturated rings. The van der Waals surface area contributed by atoms with Crippen LogP contribution in [0.1, 0.15) is 21.5 Å². The predicted octanol–water partition coefficient (Wildman–Crippen LogP) is 7.81. The van der Waals surface area contributed by atoms with Crippen LogP contribution in [-0.2, 0) is 6.61 Å². The molecule has 0 amide bonds. The number of hydrogen-bond donors (Lipinski definition) is 1. The molecule has 1 aromatic heterocycles. The third-order valence-electron chi connectivity index (χ3n) is 5.85. The number of rotatable bonds is 6. The van der Waals surface area contributed by atoms with Crippen LogP contribution in [0, 0.1) is 6.92 Å². The van der Waals surface area contributed by atoms with Crippen molar-refractivity contribution in [3.8, 4) is 28.0 Å². The van der Waals surface area contributed by atoms with Crippen molar-refractivity contribution in [1.82, 2.24) is 4.98 Å². The third-order valence-corrected chi connectivity index (χ3v) is 6.07. The minimum atomic E-state index is -1.01. The first-order chi connectivity index (χ1) is 17.0. The second-order valence-electron chi connectivity index (χ2n) is 8.40. The Morgan fingerprint density at radius 1 is 0.886 bits per heavy atom. The number of aromatic carboxylic acids is 1. The Morgan fingerprint density at radius 2 is 1.69 bits per heavy atom. The molecule has 5 aromatic rings. The van der Waals surface area contributed by atoms with Crippen molar-refractivity contribution in [3.05, 3.63) is 119 Å². The lowest BCUT2D eigenvalue weighted by molar-refractivity contribution is 0.0700. The van der Waals surface area contributed by atoms with E-state index in [9.17, 15) is 9.90 Å². The summed E-state index contributed by atoms with van der Waals surface area (Å²) in [4.78, 5) is 17.0. The number of halogens is 1. The second kappa shape index (κ2) is 9.61. The summed E-state index contributed by atoms with van der Waals surface area (Å²) in [5.74, 6) is -0.270. The van der Waals surface area contributed by atoms with E-state index >= 15 is 0 Å². The number of aryl methyl sites for hydroxylation is 1. The van der Waals surface area contributed by atoms with Gasteiger partial charge in [0.15, 0.2) is 0 Å². The van der Waals surface area contributed by atoms with Crippen LogP contribution in [0.4, 0.5) is 0 Å². The van der Waals surface area contributed by atoms with Gasteiger partial charge in [-0.2, -0.15) is 0 Å². The van der Waals surface area contributed by atoms with Gasteiger partial charge in [-0.25, -0.2) is 4.79 Å². The lowest BCUT2D eigenvalue weighted by Crippen LogP contribution is -2.03. The monoisotopic (exact) mass is 479 g/mol. The van der Waals surface area contributed by atoms with Crippen LogP contribution in [-0.4, -0.2) is 16.1 Å². The van der Waals surface area contributed by atoms with Gasteiger partial charge < -0.3 is 9.84 Å². The first-order valence-corrected chi connectivity index (χ1v) is 11.6. The van der Waals surface area contributed by atoms with Gasteiger partial charge in [-0.05, 0) is 71.1 Å². The zero-order valence-corrected chi connectivity index (χ0v) is 19.8. The molecule has 0 saturated heterocycles. The quantitative estimate of drug-likeness (QED) is 0.270. The second-order valence-corrected chi connectivity index (χ2v) is 8.84. The Hall–Kier alpha value is -4.15. The van der Waals surface area contributed by atoms with Crippen LogP contribution in [0.2, 0.25) is 5.02 Å². The number of fused-ring (bicyclic) bond motifs is 1. The summed E-state index contributed by atoms with van der Waals surface area (Å²) in [6, 6.07) is 29.0. The van der Waals surface area contributed by atoms with Crippen LogP contribution in [0.25, 0.3) is 33.2 Å². The molecule has 0 unspecified atom stereocenters.